The first-order valence-corrected chi connectivity index (χ1v) is 9.00. The molecule has 1 N–H and O–H groups in total. The van der Waals surface area contributed by atoms with Gasteiger partial charge < -0.3 is 14.5 Å². The maximum Gasteiger partial charge on any atom is 0.259 e. The molecule has 0 aliphatic carbocycles. The van der Waals surface area contributed by atoms with Crippen molar-refractivity contribution in [3.05, 3.63) is 42.6 Å². The summed E-state index contributed by atoms with van der Waals surface area (Å²) in [5.41, 5.74) is 1.82. The monoisotopic (exact) mass is 357 g/mol. The van der Waals surface area contributed by atoms with E-state index in [1.165, 1.54) is 11.8 Å². The maximum atomic E-state index is 12.6. The van der Waals surface area contributed by atoms with Crippen LogP contribution in [0.25, 0.3) is 11.2 Å². The van der Waals surface area contributed by atoms with Crippen molar-refractivity contribution < 1.29 is 13.9 Å². The van der Waals surface area contributed by atoms with E-state index in [-0.39, 0.29) is 11.2 Å². The fourth-order valence-electron chi connectivity index (χ4n) is 2.31. The highest BCUT2D eigenvalue weighted by molar-refractivity contribution is 8.00. The molecule has 0 radical (unpaired) electrons. The number of benzene rings is 1. The predicted molar refractivity (Wildman–Crippen MR) is 98.0 cm³/mol. The SMILES string of the molecule is CCOc1ccccc1NC(=O)[C@@H](CC)Sc1nc2ncccc2o1. The number of fused-ring (bicyclic) bond motifs is 1. The lowest BCUT2D eigenvalue weighted by Gasteiger charge is -2.15. The number of hydrogen-bond donors (Lipinski definition) is 1. The lowest BCUT2D eigenvalue weighted by Crippen LogP contribution is -2.24. The van der Waals surface area contributed by atoms with Crippen LogP contribution in [-0.2, 0) is 4.79 Å². The van der Waals surface area contributed by atoms with Crippen molar-refractivity contribution in [2.24, 2.45) is 0 Å². The van der Waals surface area contributed by atoms with Crippen molar-refractivity contribution in [3.63, 3.8) is 0 Å². The first kappa shape index (κ1) is 17.3. The normalized spacial score (nSPS) is 12.1. The number of aromatic nitrogens is 2. The average molecular weight is 357 g/mol. The molecule has 0 spiro atoms. The molecule has 2 heterocycles. The highest BCUT2D eigenvalue weighted by atomic mass is 32.2. The van der Waals surface area contributed by atoms with Crippen molar-refractivity contribution in [2.75, 3.05) is 11.9 Å². The number of oxazole rings is 1. The summed E-state index contributed by atoms with van der Waals surface area (Å²) in [5.74, 6) is 0.541. The van der Waals surface area contributed by atoms with Crippen molar-refractivity contribution >= 4 is 34.6 Å². The molecule has 130 valence electrons. The predicted octanol–water partition coefficient (Wildman–Crippen LogP) is 4.13. The van der Waals surface area contributed by atoms with E-state index in [1.54, 1.807) is 18.3 Å². The molecule has 0 saturated carbocycles. The second-order valence-electron chi connectivity index (χ2n) is 5.24. The van der Waals surface area contributed by atoms with Crippen LogP contribution in [0.1, 0.15) is 20.3 Å². The van der Waals surface area contributed by atoms with Gasteiger partial charge in [0.2, 0.25) is 5.91 Å². The van der Waals surface area contributed by atoms with E-state index in [2.05, 4.69) is 15.3 Å². The van der Waals surface area contributed by atoms with Crippen LogP contribution in [0.2, 0.25) is 0 Å². The van der Waals surface area contributed by atoms with Gasteiger partial charge in [-0.05, 0) is 37.6 Å². The minimum absolute atomic E-state index is 0.116. The van der Waals surface area contributed by atoms with E-state index in [0.29, 0.717) is 40.9 Å². The highest BCUT2D eigenvalue weighted by Gasteiger charge is 2.22. The van der Waals surface area contributed by atoms with E-state index in [1.807, 2.05) is 38.1 Å². The number of hydrogen-bond acceptors (Lipinski definition) is 6. The molecule has 6 nitrogen and oxygen atoms in total. The number of carbonyl (C=O) groups is 1. The molecule has 7 heteroatoms. The third-order valence-electron chi connectivity index (χ3n) is 3.50. The lowest BCUT2D eigenvalue weighted by atomic mass is 10.2. The molecule has 0 bridgehead atoms. The van der Waals surface area contributed by atoms with Crippen molar-refractivity contribution in [1.82, 2.24) is 9.97 Å². The zero-order valence-electron chi connectivity index (χ0n) is 14.1. The molecule has 0 saturated heterocycles. The number of rotatable bonds is 7. The summed E-state index contributed by atoms with van der Waals surface area (Å²) in [5, 5.41) is 3.04. The van der Waals surface area contributed by atoms with E-state index < -0.39 is 0 Å². The van der Waals surface area contributed by atoms with E-state index in [9.17, 15) is 4.79 Å². The van der Waals surface area contributed by atoms with Gasteiger partial charge in [-0.15, -0.1) is 0 Å². The smallest absolute Gasteiger partial charge is 0.259 e. The molecule has 0 aliphatic rings. The van der Waals surface area contributed by atoms with Crippen LogP contribution >= 0.6 is 11.8 Å². The van der Waals surface area contributed by atoms with E-state index in [4.69, 9.17) is 9.15 Å². The fraction of sp³-hybridized carbons (Fsp3) is 0.278. The summed E-state index contributed by atoms with van der Waals surface area (Å²) < 4.78 is 11.2. The lowest BCUT2D eigenvalue weighted by molar-refractivity contribution is -0.115. The average Bonchev–Trinajstić information content (AvgIpc) is 3.04. The Morgan fingerprint density at radius 3 is 2.88 bits per heavy atom. The van der Waals surface area contributed by atoms with Gasteiger partial charge in [-0.2, -0.15) is 4.98 Å². The third kappa shape index (κ3) is 4.11. The van der Waals surface area contributed by atoms with Gasteiger partial charge in [-0.25, -0.2) is 4.98 Å². The summed E-state index contributed by atoms with van der Waals surface area (Å²) in [6.07, 6.45) is 2.30. The largest absolute Gasteiger partial charge is 0.492 e. The van der Waals surface area contributed by atoms with Crippen molar-refractivity contribution in [3.8, 4) is 5.75 Å². The molecule has 1 amide bonds. The maximum absolute atomic E-state index is 12.6. The molecule has 2 aromatic heterocycles. The number of thioether (sulfide) groups is 1. The Kier molecular flexibility index (Phi) is 5.55. The Balaban J connectivity index is 1.73. The first-order chi connectivity index (χ1) is 12.2. The molecule has 3 aromatic rings. The minimum Gasteiger partial charge on any atom is -0.492 e. The quantitative estimate of drug-likeness (QED) is 0.641. The van der Waals surface area contributed by atoms with Gasteiger partial charge >= 0.3 is 0 Å². The number of carbonyl (C=O) groups excluding carboxylic acids is 1. The van der Waals surface area contributed by atoms with E-state index in [0.717, 1.165) is 0 Å². The zero-order chi connectivity index (χ0) is 17.6. The molecule has 25 heavy (non-hydrogen) atoms. The number of para-hydroxylation sites is 2. The Morgan fingerprint density at radius 1 is 1.28 bits per heavy atom. The van der Waals surface area contributed by atoms with Crippen LogP contribution in [0.15, 0.2) is 52.2 Å². The van der Waals surface area contributed by atoms with Gasteiger partial charge in [0.25, 0.3) is 5.22 Å². The van der Waals surface area contributed by atoms with Crippen LogP contribution in [0.4, 0.5) is 5.69 Å². The topological polar surface area (TPSA) is 77.2 Å². The molecule has 1 atom stereocenters. The first-order valence-electron chi connectivity index (χ1n) is 8.12. The molecule has 0 fully saturated rings. The van der Waals surface area contributed by atoms with Crippen LogP contribution in [0, 0.1) is 0 Å². The summed E-state index contributed by atoms with van der Waals surface area (Å²) >= 11 is 1.29. The Morgan fingerprint density at radius 2 is 2.12 bits per heavy atom. The second-order valence-corrected chi connectivity index (χ2v) is 6.39. The molecular weight excluding hydrogens is 338 g/mol. The zero-order valence-corrected chi connectivity index (χ0v) is 14.9. The van der Waals surface area contributed by atoms with Crippen LogP contribution in [0.5, 0.6) is 5.75 Å². The Hall–Kier alpha value is -2.54. The number of nitrogens with one attached hydrogen (secondary N) is 1. The number of pyridine rings is 1. The summed E-state index contributed by atoms with van der Waals surface area (Å²) in [6.45, 7) is 4.39. The second kappa shape index (κ2) is 8.02. The molecule has 3 rings (SSSR count). The minimum atomic E-state index is -0.331. The van der Waals surface area contributed by atoms with Crippen LogP contribution in [0.3, 0.4) is 0 Å². The van der Waals surface area contributed by atoms with Gasteiger partial charge in [-0.3, -0.25) is 4.79 Å². The van der Waals surface area contributed by atoms with Gasteiger partial charge in [0, 0.05) is 6.20 Å². The van der Waals surface area contributed by atoms with Gasteiger partial charge in [0.15, 0.2) is 11.2 Å². The van der Waals surface area contributed by atoms with Crippen molar-refractivity contribution in [1.29, 1.82) is 0 Å². The van der Waals surface area contributed by atoms with Crippen molar-refractivity contribution in [2.45, 2.75) is 30.7 Å². The number of ether oxygens (including phenoxy) is 1. The van der Waals surface area contributed by atoms with Gasteiger partial charge in [0.05, 0.1) is 17.5 Å². The number of amides is 1. The molecule has 0 aliphatic heterocycles. The summed E-state index contributed by atoms with van der Waals surface area (Å²) in [6, 6.07) is 11.0. The van der Waals surface area contributed by atoms with Crippen LogP contribution < -0.4 is 10.1 Å². The Labute approximate surface area is 150 Å². The fourth-order valence-corrected chi connectivity index (χ4v) is 3.16. The molecule has 1 aromatic carbocycles. The number of anilines is 1. The summed E-state index contributed by atoms with van der Waals surface area (Å²) in [4.78, 5) is 21.1. The molecule has 0 unspecified atom stereocenters. The van der Waals surface area contributed by atoms with Gasteiger partial charge in [-0.1, -0.05) is 30.8 Å². The summed E-state index contributed by atoms with van der Waals surface area (Å²) in [7, 11) is 0. The third-order valence-corrected chi connectivity index (χ3v) is 4.70. The standard InChI is InChI=1S/C18H19N3O3S/c1-3-15(25-18-21-16-14(24-18)10-7-11-19-16)17(22)20-12-8-5-6-9-13(12)23-4-2/h5-11,15H,3-4H2,1-2H3,(H,20,22)/t15-/m1/s1. The molecular formula is C18H19N3O3S. The highest BCUT2D eigenvalue weighted by Crippen LogP contribution is 2.30. The van der Waals surface area contributed by atoms with Crippen LogP contribution in [-0.4, -0.2) is 27.7 Å². The van der Waals surface area contributed by atoms with E-state index >= 15 is 0 Å². The number of nitrogens with zero attached hydrogens (tertiary/aromatic N) is 2. The van der Waals surface area contributed by atoms with Gasteiger partial charge in [0.1, 0.15) is 5.75 Å². The Bertz CT molecular complexity index is 832.